The molecule has 2 N–H and O–H groups in total. The third kappa shape index (κ3) is 3.54. The minimum absolute atomic E-state index is 0.167. The van der Waals surface area contributed by atoms with Crippen molar-refractivity contribution in [3.63, 3.8) is 0 Å². The minimum Gasteiger partial charge on any atom is -0.478 e. The van der Waals surface area contributed by atoms with E-state index in [0.717, 1.165) is 0 Å². The van der Waals surface area contributed by atoms with Crippen molar-refractivity contribution in [2.24, 2.45) is 0 Å². The van der Waals surface area contributed by atoms with E-state index in [9.17, 15) is 9.59 Å². The predicted molar refractivity (Wildman–Crippen MR) is 82.6 cm³/mol. The standard InChI is InChI=1S/C15H11Cl2NO3/c1-8-6-10(15(20)21)3-5-13(8)18-14(19)9-2-4-11(16)12(17)7-9/h2-7H,1H3,(H,18,19)(H,20,21). The van der Waals surface area contributed by atoms with Gasteiger partial charge in [0.15, 0.2) is 0 Å². The maximum atomic E-state index is 12.1. The van der Waals surface area contributed by atoms with Crippen molar-refractivity contribution >= 4 is 40.8 Å². The number of aryl methyl sites for hydroxylation is 1. The Hall–Kier alpha value is -2.04. The molecule has 2 rings (SSSR count). The summed E-state index contributed by atoms with van der Waals surface area (Å²) in [6.07, 6.45) is 0. The number of hydrogen-bond donors (Lipinski definition) is 2. The molecule has 0 atom stereocenters. The van der Waals surface area contributed by atoms with Gasteiger partial charge in [-0.25, -0.2) is 4.79 Å². The zero-order valence-corrected chi connectivity index (χ0v) is 12.5. The van der Waals surface area contributed by atoms with Crippen LogP contribution in [0, 0.1) is 6.92 Å². The van der Waals surface area contributed by atoms with Gasteiger partial charge >= 0.3 is 5.97 Å². The van der Waals surface area contributed by atoms with Gasteiger partial charge in [-0.2, -0.15) is 0 Å². The van der Waals surface area contributed by atoms with Gasteiger partial charge in [-0.05, 0) is 48.9 Å². The highest BCUT2D eigenvalue weighted by atomic mass is 35.5. The Morgan fingerprint density at radius 2 is 1.67 bits per heavy atom. The Balaban J connectivity index is 2.23. The summed E-state index contributed by atoms with van der Waals surface area (Å²) in [5, 5.41) is 12.3. The summed E-state index contributed by atoms with van der Waals surface area (Å²) in [6, 6.07) is 9.05. The maximum absolute atomic E-state index is 12.1. The molecule has 0 aliphatic rings. The summed E-state index contributed by atoms with van der Waals surface area (Å²) in [7, 11) is 0. The van der Waals surface area contributed by atoms with E-state index in [2.05, 4.69) is 5.32 Å². The average molecular weight is 324 g/mol. The Morgan fingerprint density at radius 1 is 1.00 bits per heavy atom. The first-order valence-corrected chi connectivity index (χ1v) is 6.74. The van der Waals surface area contributed by atoms with Crippen LogP contribution in [0.1, 0.15) is 26.3 Å². The third-order valence-electron chi connectivity index (χ3n) is 2.90. The van der Waals surface area contributed by atoms with Crippen LogP contribution in [0.2, 0.25) is 10.0 Å². The number of nitrogens with one attached hydrogen (secondary N) is 1. The molecule has 0 fully saturated rings. The van der Waals surface area contributed by atoms with E-state index in [4.69, 9.17) is 28.3 Å². The molecule has 1 amide bonds. The molecular formula is C15H11Cl2NO3. The largest absolute Gasteiger partial charge is 0.478 e. The molecule has 2 aromatic rings. The Morgan fingerprint density at radius 3 is 2.24 bits per heavy atom. The molecule has 108 valence electrons. The molecule has 2 aromatic carbocycles. The zero-order chi connectivity index (χ0) is 15.6. The maximum Gasteiger partial charge on any atom is 0.335 e. The van der Waals surface area contributed by atoms with Crippen molar-refractivity contribution in [1.29, 1.82) is 0 Å². The SMILES string of the molecule is Cc1cc(C(=O)O)ccc1NC(=O)c1ccc(Cl)c(Cl)c1. The first-order chi connectivity index (χ1) is 9.88. The molecule has 6 heteroatoms. The van der Waals surface area contributed by atoms with Crippen LogP contribution in [0.3, 0.4) is 0 Å². The number of halogens is 2. The third-order valence-corrected chi connectivity index (χ3v) is 3.64. The number of hydrogen-bond acceptors (Lipinski definition) is 2. The normalized spacial score (nSPS) is 10.2. The monoisotopic (exact) mass is 323 g/mol. The molecule has 4 nitrogen and oxygen atoms in total. The summed E-state index contributed by atoms with van der Waals surface area (Å²) >= 11 is 11.7. The number of anilines is 1. The van der Waals surface area contributed by atoms with Gasteiger partial charge in [-0.15, -0.1) is 0 Å². The van der Waals surface area contributed by atoms with Gasteiger partial charge in [0.25, 0.3) is 5.91 Å². The lowest BCUT2D eigenvalue weighted by atomic mass is 10.1. The van der Waals surface area contributed by atoms with E-state index in [0.29, 0.717) is 26.9 Å². The summed E-state index contributed by atoms with van der Waals surface area (Å²) in [4.78, 5) is 23.0. The number of carboxylic acids is 1. The molecule has 0 aliphatic heterocycles. The van der Waals surface area contributed by atoms with Crippen molar-refractivity contribution in [2.45, 2.75) is 6.92 Å². The summed E-state index contributed by atoms with van der Waals surface area (Å²) in [5.74, 6) is -1.36. The van der Waals surface area contributed by atoms with Gasteiger partial charge in [0, 0.05) is 11.3 Å². The fraction of sp³-hybridized carbons (Fsp3) is 0.0667. The molecule has 0 unspecified atom stereocenters. The predicted octanol–water partition coefficient (Wildman–Crippen LogP) is 4.25. The van der Waals surface area contributed by atoms with E-state index in [-0.39, 0.29) is 11.5 Å². The molecule has 0 saturated carbocycles. The van der Waals surface area contributed by atoms with Gasteiger partial charge in [-0.3, -0.25) is 4.79 Å². The Bertz CT molecular complexity index is 729. The molecule has 0 bridgehead atoms. The van der Waals surface area contributed by atoms with Gasteiger partial charge < -0.3 is 10.4 Å². The molecule has 0 saturated heterocycles. The fourth-order valence-electron chi connectivity index (χ4n) is 1.77. The highest BCUT2D eigenvalue weighted by molar-refractivity contribution is 6.42. The van der Waals surface area contributed by atoms with Crippen LogP contribution in [0.25, 0.3) is 0 Å². The van der Waals surface area contributed by atoms with Crippen molar-refractivity contribution in [2.75, 3.05) is 5.32 Å². The second-order valence-corrected chi connectivity index (χ2v) is 5.23. The summed E-state index contributed by atoms with van der Waals surface area (Å²) in [6.45, 7) is 1.72. The van der Waals surface area contributed by atoms with Crippen LogP contribution in [-0.2, 0) is 0 Å². The Labute approximate surface area is 131 Å². The zero-order valence-electron chi connectivity index (χ0n) is 11.0. The number of carbonyl (C=O) groups is 2. The van der Waals surface area contributed by atoms with E-state index < -0.39 is 5.97 Å². The highest BCUT2D eigenvalue weighted by Gasteiger charge is 2.11. The average Bonchev–Trinajstić information content (AvgIpc) is 2.43. The first-order valence-electron chi connectivity index (χ1n) is 5.99. The fourth-order valence-corrected chi connectivity index (χ4v) is 2.07. The number of aromatic carboxylic acids is 1. The molecule has 0 radical (unpaired) electrons. The van der Waals surface area contributed by atoms with Gasteiger partial charge in [-0.1, -0.05) is 23.2 Å². The van der Waals surface area contributed by atoms with E-state index in [1.807, 2.05) is 0 Å². The lowest BCUT2D eigenvalue weighted by Crippen LogP contribution is -2.13. The second kappa shape index (κ2) is 6.16. The van der Waals surface area contributed by atoms with Gasteiger partial charge in [0.2, 0.25) is 0 Å². The molecule has 21 heavy (non-hydrogen) atoms. The highest BCUT2D eigenvalue weighted by Crippen LogP contribution is 2.24. The number of carboxylic acid groups (broad SMARTS) is 1. The van der Waals surface area contributed by atoms with Crippen LogP contribution < -0.4 is 5.32 Å². The summed E-state index contributed by atoms with van der Waals surface area (Å²) in [5.41, 5.74) is 1.73. The van der Waals surface area contributed by atoms with Crippen molar-refractivity contribution in [3.8, 4) is 0 Å². The number of benzene rings is 2. The molecule has 0 aliphatic carbocycles. The van der Waals surface area contributed by atoms with Crippen LogP contribution >= 0.6 is 23.2 Å². The number of amides is 1. The van der Waals surface area contributed by atoms with E-state index >= 15 is 0 Å². The first kappa shape index (κ1) is 15.4. The number of rotatable bonds is 3. The summed E-state index contributed by atoms with van der Waals surface area (Å²) < 4.78 is 0. The van der Waals surface area contributed by atoms with E-state index in [1.165, 1.54) is 18.2 Å². The lowest BCUT2D eigenvalue weighted by molar-refractivity contribution is 0.0696. The Kier molecular flexibility index (Phi) is 4.50. The minimum atomic E-state index is -1.01. The molecular weight excluding hydrogens is 313 g/mol. The van der Waals surface area contributed by atoms with Crippen molar-refractivity contribution in [3.05, 3.63) is 63.1 Å². The lowest BCUT2D eigenvalue weighted by Gasteiger charge is -2.09. The van der Waals surface area contributed by atoms with Gasteiger partial charge in [0.05, 0.1) is 15.6 Å². The topological polar surface area (TPSA) is 66.4 Å². The van der Waals surface area contributed by atoms with Crippen molar-refractivity contribution < 1.29 is 14.7 Å². The van der Waals surface area contributed by atoms with Gasteiger partial charge in [0.1, 0.15) is 0 Å². The van der Waals surface area contributed by atoms with Crippen LogP contribution in [0.5, 0.6) is 0 Å². The molecule has 0 heterocycles. The van der Waals surface area contributed by atoms with Crippen LogP contribution in [-0.4, -0.2) is 17.0 Å². The number of carbonyl (C=O) groups excluding carboxylic acids is 1. The molecule has 0 spiro atoms. The quantitative estimate of drug-likeness (QED) is 0.887. The second-order valence-electron chi connectivity index (χ2n) is 4.42. The van der Waals surface area contributed by atoms with E-state index in [1.54, 1.807) is 25.1 Å². The van der Waals surface area contributed by atoms with Crippen LogP contribution in [0.15, 0.2) is 36.4 Å². The van der Waals surface area contributed by atoms with Crippen LogP contribution in [0.4, 0.5) is 5.69 Å². The smallest absolute Gasteiger partial charge is 0.335 e. The van der Waals surface area contributed by atoms with Crippen molar-refractivity contribution in [1.82, 2.24) is 0 Å². The molecule has 0 aromatic heterocycles.